The Bertz CT molecular complexity index is 1270. The normalized spacial score (nSPS) is 13.1. The molecule has 0 aliphatic heterocycles. The molecular formula is C33H43NO8. The summed E-state index contributed by atoms with van der Waals surface area (Å²) in [5.41, 5.74) is 1.43. The van der Waals surface area contributed by atoms with Crippen LogP contribution in [-0.4, -0.2) is 54.5 Å². The predicted molar refractivity (Wildman–Crippen MR) is 159 cm³/mol. The number of hydrogen-bond donors (Lipinski definition) is 1. The molecule has 1 N–H and O–H groups in total. The lowest BCUT2D eigenvalue weighted by Gasteiger charge is -2.25. The SMILES string of the molecule is CC(C)[C@H](NC(=O)OC(C)(C)C)C(=O)OCC(=O)c1ccc(-c2ccc(C(=O)COC(=O)[C@@H](C)C(C)(C)C)cc2)cc1. The Kier molecular flexibility index (Phi) is 11.6. The zero-order chi connectivity index (χ0) is 31.8. The van der Waals surface area contributed by atoms with Gasteiger partial charge in [0.1, 0.15) is 11.6 Å². The van der Waals surface area contributed by atoms with E-state index in [-0.39, 0.29) is 29.6 Å². The third-order valence-corrected chi connectivity index (χ3v) is 6.68. The summed E-state index contributed by atoms with van der Waals surface area (Å²) < 4.78 is 15.6. The molecule has 2 rings (SSSR count). The molecule has 2 aromatic carbocycles. The van der Waals surface area contributed by atoms with Crippen LogP contribution in [0.1, 0.15) is 83.0 Å². The highest BCUT2D eigenvalue weighted by atomic mass is 16.6. The van der Waals surface area contributed by atoms with Crippen LogP contribution in [-0.2, 0) is 23.8 Å². The van der Waals surface area contributed by atoms with Gasteiger partial charge in [0.15, 0.2) is 24.8 Å². The molecule has 0 aliphatic rings. The second kappa shape index (κ2) is 14.2. The zero-order valence-electron chi connectivity index (χ0n) is 26.0. The highest BCUT2D eigenvalue weighted by Crippen LogP contribution is 2.26. The van der Waals surface area contributed by atoms with Crippen LogP contribution in [0.4, 0.5) is 4.79 Å². The van der Waals surface area contributed by atoms with E-state index in [0.717, 1.165) is 11.1 Å². The Morgan fingerprint density at radius 2 is 1.07 bits per heavy atom. The van der Waals surface area contributed by atoms with Crippen LogP contribution >= 0.6 is 0 Å². The van der Waals surface area contributed by atoms with E-state index in [0.29, 0.717) is 11.1 Å². The van der Waals surface area contributed by atoms with Crippen molar-refractivity contribution in [2.75, 3.05) is 13.2 Å². The van der Waals surface area contributed by atoms with Gasteiger partial charge in [-0.05, 0) is 43.2 Å². The van der Waals surface area contributed by atoms with Crippen LogP contribution in [0.15, 0.2) is 48.5 Å². The van der Waals surface area contributed by atoms with Crippen molar-refractivity contribution in [3.8, 4) is 11.1 Å². The maximum atomic E-state index is 12.7. The first kappa shape index (κ1) is 34.2. The van der Waals surface area contributed by atoms with Crippen molar-refractivity contribution < 1.29 is 38.2 Å². The van der Waals surface area contributed by atoms with E-state index in [1.54, 1.807) is 90.1 Å². The number of nitrogens with one attached hydrogen (secondary N) is 1. The molecule has 0 bridgehead atoms. The number of amides is 1. The number of hydrogen-bond acceptors (Lipinski definition) is 8. The molecule has 0 heterocycles. The first-order valence-electron chi connectivity index (χ1n) is 14.0. The van der Waals surface area contributed by atoms with Crippen molar-refractivity contribution in [2.45, 2.75) is 74.0 Å². The van der Waals surface area contributed by atoms with Crippen molar-refractivity contribution >= 4 is 29.6 Å². The van der Waals surface area contributed by atoms with Crippen molar-refractivity contribution in [2.24, 2.45) is 17.3 Å². The summed E-state index contributed by atoms with van der Waals surface area (Å²) in [6, 6.07) is 12.7. The highest BCUT2D eigenvalue weighted by Gasteiger charge is 2.29. The monoisotopic (exact) mass is 581 g/mol. The summed E-state index contributed by atoms with van der Waals surface area (Å²) in [6.45, 7) is 15.4. The molecule has 0 unspecified atom stereocenters. The van der Waals surface area contributed by atoms with Crippen LogP contribution in [0.25, 0.3) is 11.1 Å². The fraction of sp³-hybridized carbons (Fsp3) is 0.485. The Morgan fingerprint density at radius 3 is 1.43 bits per heavy atom. The summed E-state index contributed by atoms with van der Waals surface area (Å²) in [7, 11) is 0. The number of Topliss-reactive ketones (excluding diaryl/α,β-unsaturated/α-hetero) is 2. The van der Waals surface area contributed by atoms with Gasteiger partial charge in [0, 0.05) is 11.1 Å². The lowest BCUT2D eigenvalue weighted by atomic mass is 9.82. The lowest BCUT2D eigenvalue weighted by molar-refractivity contribution is -0.150. The molecule has 9 nitrogen and oxygen atoms in total. The number of ether oxygens (including phenoxy) is 3. The van der Waals surface area contributed by atoms with Gasteiger partial charge in [-0.2, -0.15) is 0 Å². The Morgan fingerprint density at radius 1 is 0.667 bits per heavy atom. The van der Waals surface area contributed by atoms with E-state index in [9.17, 15) is 24.0 Å². The molecule has 9 heteroatoms. The Labute approximate surface area is 248 Å². The minimum absolute atomic E-state index is 0.260. The standard InChI is InChI=1S/C33H43NO8/c1-20(2)28(34-31(39)42-33(7,8)9)30(38)41-19-27(36)25-16-12-23(13-17-25)22-10-14-24(15-11-22)26(35)18-40-29(37)21(3)32(4,5)6/h10-17,20-21,28H,18-19H2,1-9H3,(H,34,39)/t21-,28+/m1/s1. The average molecular weight is 582 g/mol. The van der Waals surface area contributed by atoms with E-state index in [4.69, 9.17) is 14.2 Å². The number of alkyl carbamates (subject to hydrolysis) is 1. The molecule has 0 saturated heterocycles. The molecular weight excluding hydrogens is 538 g/mol. The minimum Gasteiger partial charge on any atom is -0.457 e. The third-order valence-electron chi connectivity index (χ3n) is 6.68. The third kappa shape index (κ3) is 10.4. The molecule has 0 saturated carbocycles. The fourth-order valence-electron chi connectivity index (χ4n) is 3.64. The molecule has 0 aromatic heterocycles. The van der Waals surface area contributed by atoms with Crippen molar-refractivity contribution in [1.82, 2.24) is 5.32 Å². The number of carbonyl (C=O) groups is 5. The molecule has 42 heavy (non-hydrogen) atoms. The van der Waals surface area contributed by atoms with Gasteiger partial charge < -0.3 is 19.5 Å². The minimum atomic E-state index is -0.969. The van der Waals surface area contributed by atoms with Gasteiger partial charge in [-0.15, -0.1) is 0 Å². The maximum Gasteiger partial charge on any atom is 0.408 e. The highest BCUT2D eigenvalue weighted by molar-refractivity contribution is 5.99. The van der Waals surface area contributed by atoms with E-state index in [2.05, 4.69) is 5.32 Å². The molecule has 1 amide bonds. The smallest absolute Gasteiger partial charge is 0.408 e. The summed E-state index contributed by atoms with van der Waals surface area (Å²) in [5, 5.41) is 2.50. The summed E-state index contributed by atoms with van der Waals surface area (Å²) in [4.78, 5) is 62.1. The van der Waals surface area contributed by atoms with Crippen LogP contribution in [0.2, 0.25) is 0 Å². The van der Waals surface area contributed by atoms with Gasteiger partial charge in [0.25, 0.3) is 0 Å². The van der Waals surface area contributed by atoms with Crippen LogP contribution in [0.5, 0.6) is 0 Å². The average Bonchev–Trinajstić information content (AvgIpc) is 2.91. The summed E-state index contributed by atoms with van der Waals surface area (Å²) in [6.07, 6.45) is -0.744. The van der Waals surface area contributed by atoms with Crippen molar-refractivity contribution in [1.29, 1.82) is 0 Å². The quantitative estimate of drug-likeness (QED) is 0.194. The largest absolute Gasteiger partial charge is 0.457 e. The Balaban J connectivity index is 1.95. The molecule has 228 valence electrons. The van der Waals surface area contributed by atoms with E-state index in [1.165, 1.54) is 0 Å². The van der Waals surface area contributed by atoms with Gasteiger partial charge in [-0.1, -0.05) is 90.1 Å². The second-order valence-electron chi connectivity index (χ2n) is 12.7. The lowest BCUT2D eigenvalue weighted by Crippen LogP contribution is -2.47. The number of esters is 2. The fourth-order valence-corrected chi connectivity index (χ4v) is 3.64. The number of rotatable bonds is 11. The number of benzene rings is 2. The maximum absolute atomic E-state index is 12.7. The second-order valence-corrected chi connectivity index (χ2v) is 12.7. The Hall–Kier alpha value is -4.01. The van der Waals surface area contributed by atoms with Gasteiger partial charge >= 0.3 is 18.0 Å². The number of ketones is 2. The van der Waals surface area contributed by atoms with Gasteiger partial charge in [-0.25, -0.2) is 9.59 Å². The topological polar surface area (TPSA) is 125 Å². The molecule has 0 fully saturated rings. The summed E-state index contributed by atoms with van der Waals surface area (Å²) in [5.74, 6) is -2.46. The van der Waals surface area contributed by atoms with Crippen LogP contribution in [0.3, 0.4) is 0 Å². The molecule has 2 atom stereocenters. The first-order chi connectivity index (χ1) is 19.4. The zero-order valence-corrected chi connectivity index (χ0v) is 26.0. The van der Waals surface area contributed by atoms with E-state index in [1.807, 2.05) is 20.8 Å². The van der Waals surface area contributed by atoms with E-state index < -0.39 is 42.1 Å². The van der Waals surface area contributed by atoms with Gasteiger partial charge in [0.05, 0.1) is 5.92 Å². The number of carbonyl (C=O) groups excluding carboxylic acids is 5. The molecule has 0 spiro atoms. The summed E-state index contributed by atoms with van der Waals surface area (Å²) >= 11 is 0. The van der Waals surface area contributed by atoms with Crippen LogP contribution in [0, 0.1) is 17.3 Å². The van der Waals surface area contributed by atoms with Crippen LogP contribution < -0.4 is 5.32 Å². The predicted octanol–water partition coefficient (Wildman–Crippen LogP) is 6.04. The first-order valence-corrected chi connectivity index (χ1v) is 14.0. The molecule has 0 aliphatic carbocycles. The molecule has 0 radical (unpaired) electrons. The van der Waals surface area contributed by atoms with Crippen molar-refractivity contribution in [3.05, 3.63) is 59.7 Å². The van der Waals surface area contributed by atoms with Gasteiger partial charge in [0.2, 0.25) is 0 Å². The van der Waals surface area contributed by atoms with E-state index >= 15 is 0 Å². The van der Waals surface area contributed by atoms with Crippen molar-refractivity contribution in [3.63, 3.8) is 0 Å². The van der Waals surface area contributed by atoms with Gasteiger partial charge in [-0.3, -0.25) is 14.4 Å². The molecule has 2 aromatic rings.